The number of Topliss-reactive ketones (excluding diaryl/α,β-unsaturated/α-hetero) is 1. The van der Waals surface area contributed by atoms with E-state index < -0.39 is 5.41 Å². The molecule has 3 aliphatic rings. The number of hydrogen-bond donors (Lipinski definition) is 1. The average molecular weight is 405 g/mol. The van der Waals surface area contributed by atoms with Crippen LogP contribution >= 0.6 is 0 Å². The zero-order chi connectivity index (χ0) is 21.6. The van der Waals surface area contributed by atoms with Gasteiger partial charge in [0.1, 0.15) is 11.9 Å². The standard InChI is InChI=1S/C24H36O5/c1-6-21(28)29-20-8-7-19(24(20,5)13-25)22-14(2)23(4)10-9-17(27)11-16(23)12-18(22)15(3)26/h11,14,18-20,22,25H,6-10,12-13H2,1-5H3/t14?,18-,19?,20?,22?,23?,24?/m0/s1. The largest absolute Gasteiger partial charge is 0.462 e. The van der Waals surface area contributed by atoms with E-state index in [0.29, 0.717) is 19.3 Å². The molecule has 29 heavy (non-hydrogen) atoms. The van der Waals surface area contributed by atoms with Crippen LogP contribution in [0.2, 0.25) is 0 Å². The predicted octanol–water partition coefficient (Wildman–Crippen LogP) is 3.87. The van der Waals surface area contributed by atoms with Crippen LogP contribution in [-0.2, 0) is 19.1 Å². The summed E-state index contributed by atoms with van der Waals surface area (Å²) >= 11 is 0. The lowest BCUT2D eigenvalue weighted by Gasteiger charge is -2.55. The maximum absolute atomic E-state index is 12.7. The highest BCUT2D eigenvalue weighted by atomic mass is 16.5. The van der Waals surface area contributed by atoms with E-state index in [0.717, 1.165) is 24.8 Å². The molecule has 0 heterocycles. The Bertz CT molecular complexity index is 725. The SMILES string of the molecule is CCC(=O)OC1CCC(C2C(C)C3(C)CCC(=O)C=C3C[C@H]2C(C)=O)C1(C)CO. The average Bonchev–Trinajstić information content (AvgIpc) is 2.99. The third kappa shape index (κ3) is 3.60. The van der Waals surface area contributed by atoms with E-state index >= 15 is 0 Å². The molecule has 7 atom stereocenters. The molecule has 0 spiro atoms. The lowest BCUT2D eigenvalue weighted by molar-refractivity contribution is -0.159. The van der Waals surface area contributed by atoms with Crippen LogP contribution in [0.3, 0.4) is 0 Å². The maximum atomic E-state index is 12.7. The number of esters is 1. The number of aliphatic hydroxyl groups excluding tert-OH is 1. The monoisotopic (exact) mass is 404 g/mol. The van der Waals surface area contributed by atoms with Crippen LogP contribution in [0.5, 0.6) is 0 Å². The van der Waals surface area contributed by atoms with Crippen molar-refractivity contribution < 1.29 is 24.2 Å². The molecule has 5 heteroatoms. The van der Waals surface area contributed by atoms with Crippen molar-refractivity contribution in [3.8, 4) is 0 Å². The van der Waals surface area contributed by atoms with E-state index in [2.05, 4.69) is 13.8 Å². The summed E-state index contributed by atoms with van der Waals surface area (Å²) < 4.78 is 5.72. The van der Waals surface area contributed by atoms with Gasteiger partial charge >= 0.3 is 5.97 Å². The highest BCUT2D eigenvalue weighted by Gasteiger charge is 2.58. The normalized spacial score (nSPS) is 42.2. The third-order valence-corrected chi connectivity index (χ3v) is 8.66. The zero-order valence-electron chi connectivity index (χ0n) is 18.5. The topological polar surface area (TPSA) is 80.7 Å². The summed E-state index contributed by atoms with van der Waals surface area (Å²) in [7, 11) is 0. The van der Waals surface area contributed by atoms with Gasteiger partial charge in [-0.2, -0.15) is 0 Å². The first kappa shape index (κ1) is 22.2. The molecule has 1 N–H and O–H groups in total. The van der Waals surface area contributed by atoms with E-state index in [1.807, 2.05) is 6.92 Å². The minimum Gasteiger partial charge on any atom is -0.462 e. The molecule has 5 nitrogen and oxygen atoms in total. The minimum atomic E-state index is -0.556. The molecule has 3 aliphatic carbocycles. The van der Waals surface area contributed by atoms with Gasteiger partial charge in [-0.15, -0.1) is 0 Å². The maximum Gasteiger partial charge on any atom is 0.305 e. The van der Waals surface area contributed by atoms with Gasteiger partial charge in [-0.25, -0.2) is 0 Å². The van der Waals surface area contributed by atoms with Gasteiger partial charge in [0, 0.05) is 24.2 Å². The molecule has 0 aromatic heterocycles. The Labute approximate surface area is 174 Å². The Balaban J connectivity index is 1.99. The van der Waals surface area contributed by atoms with Gasteiger partial charge in [-0.05, 0) is 61.9 Å². The van der Waals surface area contributed by atoms with E-state index in [4.69, 9.17) is 4.74 Å². The van der Waals surface area contributed by atoms with Gasteiger partial charge in [0.05, 0.1) is 6.61 Å². The second kappa shape index (κ2) is 7.98. The second-order valence-corrected chi connectivity index (χ2v) is 10.0. The van der Waals surface area contributed by atoms with E-state index in [9.17, 15) is 19.5 Å². The quantitative estimate of drug-likeness (QED) is 0.704. The molecule has 0 bridgehead atoms. The van der Waals surface area contributed by atoms with Crippen LogP contribution in [0.25, 0.3) is 0 Å². The van der Waals surface area contributed by atoms with Crippen LogP contribution in [0, 0.1) is 34.5 Å². The number of allylic oxidation sites excluding steroid dienone is 2. The summed E-state index contributed by atoms with van der Waals surface area (Å²) in [6, 6.07) is 0. The lowest BCUT2D eigenvalue weighted by Crippen LogP contribution is -2.52. The Hall–Kier alpha value is -1.49. The molecule has 3 rings (SSSR count). The number of carbonyl (C=O) groups is 3. The molecule has 0 saturated heterocycles. The Morgan fingerprint density at radius 3 is 2.55 bits per heavy atom. The van der Waals surface area contributed by atoms with E-state index in [1.165, 1.54) is 0 Å². The van der Waals surface area contributed by atoms with Crippen molar-refractivity contribution in [2.45, 2.75) is 79.2 Å². The first-order valence-corrected chi connectivity index (χ1v) is 11.1. The lowest BCUT2D eigenvalue weighted by atomic mass is 9.49. The highest BCUT2D eigenvalue weighted by molar-refractivity contribution is 5.92. The number of carbonyl (C=O) groups excluding carboxylic acids is 3. The summed E-state index contributed by atoms with van der Waals surface area (Å²) in [6.45, 7) is 9.83. The Morgan fingerprint density at radius 1 is 1.28 bits per heavy atom. The fraction of sp³-hybridized carbons (Fsp3) is 0.792. The summed E-state index contributed by atoms with van der Waals surface area (Å²) in [5.41, 5.74) is 0.467. The second-order valence-electron chi connectivity index (χ2n) is 10.0. The fourth-order valence-corrected chi connectivity index (χ4v) is 6.49. The number of aliphatic hydroxyl groups is 1. The van der Waals surface area contributed by atoms with Crippen LogP contribution in [0.4, 0.5) is 0 Å². The molecule has 162 valence electrons. The van der Waals surface area contributed by atoms with Crippen molar-refractivity contribution in [2.75, 3.05) is 6.61 Å². The molecule has 0 aliphatic heterocycles. The van der Waals surface area contributed by atoms with Crippen LogP contribution in [0.1, 0.15) is 73.1 Å². The van der Waals surface area contributed by atoms with Crippen LogP contribution < -0.4 is 0 Å². The number of fused-ring (bicyclic) bond motifs is 1. The summed E-state index contributed by atoms with van der Waals surface area (Å²) in [4.78, 5) is 36.7. The first-order valence-electron chi connectivity index (χ1n) is 11.1. The van der Waals surface area contributed by atoms with E-state index in [-0.39, 0.29) is 59.3 Å². The number of hydrogen-bond acceptors (Lipinski definition) is 5. The molecule has 0 aromatic rings. The highest BCUT2D eigenvalue weighted by Crippen LogP contribution is 2.61. The van der Waals surface area contributed by atoms with Crippen molar-refractivity contribution in [3.63, 3.8) is 0 Å². The van der Waals surface area contributed by atoms with Gasteiger partial charge < -0.3 is 9.84 Å². The van der Waals surface area contributed by atoms with Gasteiger partial charge in [-0.1, -0.05) is 33.3 Å². The molecule has 2 fully saturated rings. The van der Waals surface area contributed by atoms with E-state index in [1.54, 1.807) is 19.9 Å². The van der Waals surface area contributed by atoms with Crippen molar-refractivity contribution in [1.82, 2.24) is 0 Å². The van der Waals surface area contributed by atoms with Gasteiger partial charge in [0.15, 0.2) is 5.78 Å². The molecule has 0 aromatic carbocycles. The summed E-state index contributed by atoms with van der Waals surface area (Å²) in [5.74, 6) is 0.327. The van der Waals surface area contributed by atoms with Crippen molar-refractivity contribution in [1.29, 1.82) is 0 Å². The van der Waals surface area contributed by atoms with Crippen molar-refractivity contribution in [2.24, 2.45) is 34.5 Å². The summed E-state index contributed by atoms with van der Waals surface area (Å²) in [5, 5.41) is 10.4. The molecule has 6 unspecified atom stereocenters. The molecule has 2 saturated carbocycles. The molecular formula is C24H36O5. The molecule has 0 amide bonds. The van der Waals surface area contributed by atoms with Crippen LogP contribution in [0.15, 0.2) is 11.6 Å². The zero-order valence-corrected chi connectivity index (χ0v) is 18.5. The van der Waals surface area contributed by atoms with Gasteiger partial charge in [0.25, 0.3) is 0 Å². The van der Waals surface area contributed by atoms with Crippen molar-refractivity contribution >= 4 is 17.5 Å². The number of ether oxygens (including phenoxy) is 1. The van der Waals surface area contributed by atoms with Crippen LogP contribution in [-0.4, -0.2) is 35.4 Å². The fourth-order valence-electron chi connectivity index (χ4n) is 6.49. The smallest absolute Gasteiger partial charge is 0.305 e. The third-order valence-electron chi connectivity index (χ3n) is 8.66. The number of ketones is 2. The number of rotatable bonds is 5. The van der Waals surface area contributed by atoms with Crippen molar-refractivity contribution in [3.05, 3.63) is 11.6 Å². The predicted molar refractivity (Wildman–Crippen MR) is 110 cm³/mol. The van der Waals surface area contributed by atoms with Gasteiger partial charge in [-0.3, -0.25) is 14.4 Å². The first-order chi connectivity index (χ1) is 13.6. The van der Waals surface area contributed by atoms with Gasteiger partial charge in [0.2, 0.25) is 0 Å². The summed E-state index contributed by atoms with van der Waals surface area (Å²) in [6.07, 6.45) is 5.35. The molecular weight excluding hydrogens is 368 g/mol. The Kier molecular flexibility index (Phi) is 6.11. The molecule has 0 radical (unpaired) electrons. The Morgan fingerprint density at radius 2 is 1.97 bits per heavy atom. The minimum absolute atomic E-state index is 0.0644.